The van der Waals surface area contributed by atoms with Gasteiger partial charge in [0.25, 0.3) is 0 Å². The van der Waals surface area contributed by atoms with E-state index in [1.54, 1.807) is 30.3 Å². The Labute approximate surface area is 257 Å². The van der Waals surface area contributed by atoms with Crippen LogP contribution in [-0.2, 0) is 9.59 Å². The third-order valence-corrected chi connectivity index (χ3v) is 7.50. The minimum atomic E-state index is -0.614. The van der Waals surface area contributed by atoms with Crippen LogP contribution in [0.3, 0.4) is 0 Å². The van der Waals surface area contributed by atoms with Gasteiger partial charge < -0.3 is 18.9 Å². The van der Waals surface area contributed by atoms with Crippen LogP contribution in [0, 0.1) is 5.82 Å². The summed E-state index contributed by atoms with van der Waals surface area (Å²) >= 11 is 0. The molecule has 6 nitrogen and oxygen atoms in total. The number of fused-ring (bicyclic) bond motifs is 4. The molecule has 0 unspecified atom stereocenters. The van der Waals surface area contributed by atoms with Gasteiger partial charge in [-0.1, -0.05) is 97.1 Å². The first-order chi connectivity index (χ1) is 22.0. The molecule has 0 atom stereocenters. The second-order valence-corrected chi connectivity index (χ2v) is 10.4. The van der Waals surface area contributed by atoms with Crippen LogP contribution < -0.4 is 18.9 Å². The molecule has 220 valence electrons. The lowest BCUT2D eigenvalue weighted by Crippen LogP contribution is -2.19. The van der Waals surface area contributed by atoms with Crippen molar-refractivity contribution in [3.8, 4) is 23.0 Å². The van der Waals surface area contributed by atoms with Crippen LogP contribution in [0.25, 0.3) is 43.1 Å². The number of hydrogen-bond acceptors (Lipinski definition) is 6. The van der Waals surface area contributed by atoms with E-state index in [9.17, 15) is 14.0 Å². The molecule has 0 N–H and O–H groups in total. The fraction of sp³-hybridized carbons (Fsp3) is 0.0526. The molecule has 0 aromatic heterocycles. The minimum absolute atomic E-state index is 0.292. The number of carbonyl (C=O) groups is 2. The highest BCUT2D eigenvalue weighted by molar-refractivity contribution is 6.11. The maximum Gasteiger partial charge on any atom is 0.349 e. The molecule has 7 aromatic rings. The Morgan fingerprint density at radius 1 is 0.467 bits per heavy atom. The SMILES string of the molecule is O=C(COc1c2ccccc2c(OCC(=O)Oc2cccc3ccccc23)c2cc(F)ccc12)Oc1cccc2ccccc12. The highest BCUT2D eigenvalue weighted by Crippen LogP contribution is 2.43. The van der Waals surface area contributed by atoms with Crippen molar-refractivity contribution < 1.29 is 32.9 Å². The van der Waals surface area contributed by atoms with E-state index in [1.807, 2.05) is 84.9 Å². The summed E-state index contributed by atoms with van der Waals surface area (Å²) in [4.78, 5) is 25.9. The Morgan fingerprint density at radius 3 is 1.42 bits per heavy atom. The predicted molar refractivity (Wildman–Crippen MR) is 172 cm³/mol. The maximum absolute atomic E-state index is 14.6. The van der Waals surface area contributed by atoms with Crippen molar-refractivity contribution in [3.05, 3.63) is 133 Å². The van der Waals surface area contributed by atoms with Crippen LogP contribution in [0.4, 0.5) is 4.39 Å². The van der Waals surface area contributed by atoms with Crippen LogP contribution in [0.2, 0.25) is 0 Å². The molecule has 7 aromatic carbocycles. The summed E-state index contributed by atoms with van der Waals surface area (Å²) in [5, 5.41) is 5.56. The second-order valence-electron chi connectivity index (χ2n) is 10.4. The van der Waals surface area contributed by atoms with Gasteiger partial charge in [-0.05, 0) is 41.1 Å². The van der Waals surface area contributed by atoms with E-state index in [-0.39, 0.29) is 0 Å². The van der Waals surface area contributed by atoms with Gasteiger partial charge in [-0.2, -0.15) is 0 Å². The number of ether oxygens (including phenoxy) is 4. The highest BCUT2D eigenvalue weighted by Gasteiger charge is 2.20. The van der Waals surface area contributed by atoms with Crippen molar-refractivity contribution in [2.24, 2.45) is 0 Å². The highest BCUT2D eigenvalue weighted by atomic mass is 19.1. The molecule has 7 rings (SSSR count). The minimum Gasteiger partial charge on any atom is -0.481 e. The molecule has 0 saturated heterocycles. The Balaban J connectivity index is 1.17. The Hall–Kier alpha value is -5.95. The third-order valence-electron chi connectivity index (χ3n) is 7.50. The lowest BCUT2D eigenvalue weighted by molar-refractivity contribution is -0.137. The molecule has 0 aliphatic heterocycles. The Bertz CT molecular complexity index is 2230. The first-order valence-electron chi connectivity index (χ1n) is 14.3. The quantitative estimate of drug-likeness (QED) is 0.0997. The number of esters is 2. The molecule has 0 amide bonds. The Kier molecular flexibility index (Phi) is 7.41. The van der Waals surface area contributed by atoms with Gasteiger partial charge in [0, 0.05) is 32.3 Å². The molecule has 0 aliphatic rings. The van der Waals surface area contributed by atoms with Crippen molar-refractivity contribution in [1.29, 1.82) is 0 Å². The van der Waals surface area contributed by atoms with Crippen molar-refractivity contribution in [2.45, 2.75) is 0 Å². The van der Waals surface area contributed by atoms with Crippen molar-refractivity contribution in [2.75, 3.05) is 13.2 Å². The Morgan fingerprint density at radius 2 is 0.889 bits per heavy atom. The summed E-state index contributed by atoms with van der Waals surface area (Å²) in [6.07, 6.45) is 0. The van der Waals surface area contributed by atoms with Gasteiger partial charge in [0.15, 0.2) is 13.2 Å². The summed E-state index contributed by atoms with van der Waals surface area (Å²) < 4.78 is 38.0. The first-order valence-corrected chi connectivity index (χ1v) is 14.3. The molecule has 0 radical (unpaired) electrons. The van der Waals surface area contributed by atoms with Gasteiger partial charge >= 0.3 is 11.9 Å². The molecule has 45 heavy (non-hydrogen) atoms. The average molecular weight is 597 g/mol. The summed E-state index contributed by atoms with van der Waals surface area (Å²) in [5.41, 5.74) is 0. The van der Waals surface area contributed by atoms with Crippen molar-refractivity contribution >= 4 is 55.0 Å². The molecule has 0 fully saturated rings. The van der Waals surface area contributed by atoms with Crippen LogP contribution in [0.1, 0.15) is 0 Å². The van der Waals surface area contributed by atoms with Crippen molar-refractivity contribution in [3.63, 3.8) is 0 Å². The smallest absolute Gasteiger partial charge is 0.349 e. The van der Waals surface area contributed by atoms with E-state index >= 15 is 0 Å². The van der Waals surface area contributed by atoms with Gasteiger partial charge in [-0.25, -0.2) is 14.0 Å². The summed E-state index contributed by atoms with van der Waals surface area (Å²) in [6, 6.07) is 37.5. The van der Waals surface area contributed by atoms with Crippen LogP contribution >= 0.6 is 0 Å². The first kappa shape index (κ1) is 27.9. The maximum atomic E-state index is 14.6. The van der Waals surface area contributed by atoms with Crippen LogP contribution in [0.5, 0.6) is 23.0 Å². The van der Waals surface area contributed by atoms with Gasteiger partial charge in [-0.3, -0.25) is 0 Å². The number of rotatable bonds is 8. The molecule has 0 spiro atoms. The number of hydrogen-bond donors (Lipinski definition) is 0. The van der Waals surface area contributed by atoms with Crippen LogP contribution in [-0.4, -0.2) is 25.2 Å². The predicted octanol–water partition coefficient (Wildman–Crippen LogP) is 8.41. The zero-order chi connectivity index (χ0) is 30.8. The summed E-state index contributed by atoms with van der Waals surface area (Å²) in [7, 11) is 0. The average Bonchev–Trinajstić information content (AvgIpc) is 3.06. The van der Waals surface area contributed by atoms with Gasteiger partial charge in [0.05, 0.1) is 0 Å². The fourth-order valence-corrected chi connectivity index (χ4v) is 5.52. The van der Waals surface area contributed by atoms with E-state index in [2.05, 4.69) is 0 Å². The monoisotopic (exact) mass is 596 g/mol. The number of carbonyl (C=O) groups excluding carboxylic acids is 2. The van der Waals surface area contributed by atoms with E-state index in [0.29, 0.717) is 44.5 Å². The van der Waals surface area contributed by atoms with Gasteiger partial charge in [0.1, 0.15) is 28.8 Å². The molecule has 0 aliphatic carbocycles. The third kappa shape index (κ3) is 5.59. The van der Waals surface area contributed by atoms with Crippen molar-refractivity contribution in [1.82, 2.24) is 0 Å². The lowest BCUT2D eigenvalue weighted by Gasteiger charge is -2.18. The van der Waals surface area contributed by atoms with E-state index in [1.165, 1.54) is 12.1 Å². The molecular weight excluding hydrogens is 571 g/mol. The molecule has 0 heterocycles. The summed E-state index contributed by atoms with van der Waals surface area (Å²) in [6.45, 7) is -0.812. The molecule has 0 saturated carbocycles. The number of benzene rings is 7. The summed E-state index contributed by atoms with van der Waals surface area (Å²) in [5.74, 6) is -0.206. The number of halogens is 1. The van der Waals surface area contributed by atoms with E-state index in [0.717, 1.165) is 21.5 Å². The lowest BCUT2D eigenvalue weighted by atomic mass is 10.0. The molecule has 0 bridgehead atoms. The van der Waals surface area contributed by atoms with Gasteiger partial charge in [-0.15, -0.1) is 0 Å². The molecule has 7 heteroatoms. The largest absolute Gasteiger partial charge is 0.481 e. The topological polar surface area (TPSA) is 71.1 Å². The zero-order valence-electron chi connectivity index (χ0n) is 23.9. The van der Waals surface area contributed by atoms with Crippen LogP contribution in [0.15, 0.2) is 127 Å². The normalized spacial score (nSPS) is 11.1. The van der Waals surface area contributed by atoms with E-state index in [4.69, 9.17) is 18.9 Å². The second kappa shape index (κ2) is 12.0. The van der Waals surface area contributed by atoms with Gasteiger partial charge in [0.2, 0.25) is 0 Å². The zero-order valence-corrected chi connectivity index (χ0v) is 23.9. The molecular formula is C38H25FO6. The standard InChI is InChI=1S/C38H25FO6/c39-26-19-20-31-32(21-26)38(43-23-36(41)45-34-18-8-12-25-10-2-4-14-28(25)34)30-16-6-5-15-29(30)37(31)42-22-35(40)44-33-17-7-11-24-9-1-3-13-27(24)33/h1-21H,22-23H2. The fourth-order valence-electron chi connectivity index (χ4n) is 5.52. The van der Waals surface area contributed by atoms with E-state index < -0.39 is 31.0 Å².